The fourth-order valence-electron chi connectivity index (χ4n) is 1.33. The molecule has 1 aromatic heterocycles. The molecule has 0 saturated heterocycles. The first-order valence-electron chi connectivity index (χ1n) is 5.84. The predicted molar refractivity (Wildman–Crippen MR) is 80.7 cm³/mol. The summed E-state index contributed by atoms with van der Waals surface area (Å²) in [4.78, 5) is 11.6. The number of nitrogens with one attached hydrogen (secondary N) is 1. The van der Waals surface area contributed by atoms with E-state index >= 15 is 0 Å². The molecule has 110 valence electrons. The molecule has 0 spiro atoms. The zero-order chi connectivity index (χ0) is 13.8. The fraction of sp³-hybridized carbons (Fsp3) is 0.667. The number of carbonyl (C=O) groups excluding carboxylic acids is 1. The fourth-order valence-corrected chi connectivity index (χ4v) is 2.34. The van der Waals surface area contributed by atoms with Crippen molar-refractivity contribution in [3.05, 3.63) is 17.0 Å². The standard InChI is InChI=1S/C12H21N3O2S.ClH/c1-8-10(9(2)17-15-8)5-18-6-11(16)14-7-12(3,4)13;/h5-7,13H2,1-4H3,(H,14,16);1H. The third kappa shape index (κ3) is 6.84. The molecule has 0 saturated carbocycles. The van der Waals surface area contributed by atoms with Gasteiger partial charge in [0.05, 0.1) is 11.4 Å². The Morgan fingerprint density at radius 2 is 2.11 bits per heavy atom. The maximum atomic E-state index is 11.6. The number of carbonyl (C=O) groups is 1. The van der Waals surface area contributed by atoms with Gasteiger partial charge in [-0.15, -0.1) is 24.2 Å². The monoisotopic (exact) mass is 307 g/mol. The molecule has 0 aliphatic carbocycles. The van der Waals surface area contributed by atoms with E-state index < -0.39 is 0 Å². The van der Waals surface area contributed by atoms with Crippen molar-refractivity contribution in [2.45, 2.75) is 39.0 Å². The van der Waals surface area contributed by atoms with Crippen molar-refractivity contribution in [3.8, 4) is 0 Å². The Balaban J connectivity index is 0.00000324. The maximum Gasteiger partial charge on any atom is 0.230 e. The zero-order valence-electron chi connectivity index (χ0n) is 11.8. The number of hydrogen-bond donors (Lipinski definition) is 2. The second kappa shape index (κ2) is 7.77. The molecule has 0 bridgehead atoms. The first-order chi connectivity index (χ1) is 8.29. The summed E-state index contributed by atoms with van der Waals surface area (Å²) in [6, 6.07) is 0. The van der Waals surface area contributed by atoms with E-state index in [2.05, 4.69) is 10.5 Å². The topological polar surface area (TPSA) is 81.2 Å². The molecule has 0 radical (unpaired) electrons. The van der Waals surface area contributed by atoms with Crippen LogP contribution in [-0.2, 0) is 10.5 Å². The molecule has 3 N–H and O–H groups in total. The minimum atomic E-state index is -0.373. The summed E-state index contributed by atoms with van der Waals surface area (Å²) in [6.07, 6.45) is 0. The van der Waals surface area contributed by atoms with E-state index in [4.69, 9.17) is 10.3 Å². The summed E-state index contributed by atoms with van der Waals surface area (Å²) in [6.45, 7) is 8.03. The van der Waals surface area contributed by atoms with Crippen molar-refractivity contribution in [1.82, 2.24) is 10.5 Å². The molecule has 0 aliphatic rings. The van der Waals surface area contributed by atoms with E-state index in [0.29, 0.717) is 12.3 Å². The van der Waals surface area contributed by atoms with Gasteiger partial charge in [0.25, 0.3) is 0 Å². The van der Waals surface area contributed by atoms with E-state index in [1.165, 1.54) is 0 Å². The molecule has 1 amide bonds. The Morgan fingerprint density at radius 1 is 1.47 bits per heavy atom. The molecule has 0 aromatic carbocycles. The van der Waals surface area contributed by atoms with E-state index in [9.17, 15) is 4.79 Å². The average Bonchev–Trinajstić information content (AvgIpc) is 2.57. The smallest absolute Gasteiger partial charge is 0.230 e. The van der Waals surface area contributed by atoms with Gasteiger partial charge < -0.3 is 15.6 Å². The van der Waals surface area contributed by atoms with E-state index in [0.717, 1.165) is 22.8 Å². The molecule has 19 heavy (non-hydrogen) atoms. The molecule has 0 aliphatic heterocycles. The number of rotatable bonds is 6. The van der Waals surface area contributed by atoms with Crippen LogP contribution in [0.1, 0.15) is 30.9 Å². The first-order valence-corrected chi connectivity index (χ1v) is 7.00. The van der Waals surface area contributed by atoms with Gasteiger partial charge in [-0.1, -0.05) is 5.16 Å². The lowest BCUT2D eigenvalue weighted by Gasteiger charge is -2.18. The Bertz CT molecular complexity index is 396. The number of aryl methyl sites for hydroxylation is 2. The average molecular weight is 308 g/mol. The van der Waals surface area contributed by atoms with Crippen molar-refractivity contribution in [2.75, 3.05) is 12.3 Å². The minimum absolute atomic E-state index is 0. The molecule has 0 unspecified atom stereocenters. The van der Waals surface area contributed by atoms with Gasteiger partial charge in [-0.05, 0) is 27.7 Å². The van der Waals surface area contributed by atoms with Crippen LogP contribution in [0.2, 0.25) is 0 Å². The SMILES string of the molecule is Cc1noc(C)c1CSCC(=O)NCC(C)(C)N.Cl. The molecule has 1 rings (SSSR count). The highest BCUT2D eigenvalue weighted by atomic mass is 35.5. The van der Waals surface area contributed by atoms with Crippen LogP contribution in [0.5, 0.6) is 0 Å². The van der Waals surface area contributed by atoms with Crippen molar-refractivity contribution >= 4 is 30.1 Å². The van der Waals surface area contributed by atoms with Gasteiger partial charge in [-0.25, -0.2) is 0 Å². The Morgan fingerprint density at radius 3 is 2.58 bits per heavy atom. The minimum Gasteiger partial charge on any atom is -0.361 e. The predicted octanol–water partition coefficient (Wildman–Crippen LogP) is 1.80. The molecule has 5 nitrogen and oxygen atoms in total. The van der Waals surface area contributed by atoms with Crippen LogP contribution >= 0.6 is 24.2 Å². The first kappa shape index (κ1) is 18.3. The number of aromatic nitrogens is 1. The lowest BCUT2D eigenvalue weighted by Crippen LogP contribution is -2.45. The summed E-state index contributed by atoms with van der Waals surface area (Å²) < 4.78 is 5.06. The Kier molecular flexibility index (Phi) is 7.47. The number of nitrogens with zero attached hydrogens (tertiary/aromatic N) is 1. The number of hydrogen-bond acceptors (Lipinski definition) is 5. The molecular formula is C12H22ClN3O2S. The highest BCUT2D eigenvalue weighted by Crippen LogP contribution is 2.19. The largest absolute Gasteiger partial charge is 0.361 e. The molecule has 0 atom stereocenters. The van der Waals surface area contributed by atoms with Gasteiger partial charge in [0.1, 0.15) is 5.76 Å². The van der Waals surface area contributed by atoms with Gasteiger partial charge in [0, 0.05) is 23.4 Å². The van der Waals surface area contributed by atoms with E-state index in [-0.39, 0.29) is 23.9 Å². The summed E-state index contributed by atoms with van der Waals surface area (Å²) in [5, 5.41) is 6.69. The highest BCUT2D eigenvalue weighted by molar-refractivity contribution is 7.99. The van der Waals surface area contributed by atoms with Crippen LogP contribution in [0.25, 0.3) is 0 Å². The lowest BCUT2D eigenvalue weighted by molar-refractivity contribution is -0.118. The second-order valence-electron chi connectivity index (χ2n) is 5.06. The zero-order valence-corrected chi connectivity index (χ0v) is 13.4. The molecule has 0 fully saturated rings. The normalized spacial score (nSPS) is 11.0. The Labute approximate surface area is 124 Å². The van der Waals surface area contributed by atoms with Gasteiger partial charge in [0.2, 0.25) is 5.91 Å². The van der Waals surface area contributed by atoms with Crippen molar-refractivity contribution in [1.29, 1.82) is 0 Å². The summed E-state index contributed by atoms with van der Waals surface area (Å²) in [5.74, 6) is 1.98. The lowest BCUT2D eigenvalue weighted by atomic mass is 10.1. The van der Waals surface area contributed by atoms with Crippen LogP contribution < -0.4 is 11.1 Å². The third-order valence-corrected chi connectivity index (χ3v) is 3.36. The third-order valence-electron chi connectivity index (χ3n) is 2.40. The number of amides is 1. The summed E-state index contributed by atoms with van der Waals surface area (Å²) in [5.41, 5.74) is 7.38. The number of nitrogens with two attached hydrogens (primary N) is 1. The van der Waals surface area contributed by atoms with Crippen LogP contribution in [0.3, 0.4) is 0 Å². The van der Waals surface area contributed by atoms with Crippen LogP contribution in [0, 0.1) is 13.8 Å². The van der Waals surface area contributed by atoms with E-state index in [1.54, 1.807) is 11.8 Å². The van der Waals surface area contributed by atoms with Gasteiger partial charge in [0.15, 0.2) is 0 Å². The summed E-state index contributed by atoms with van der Waals surface area (Å²) in [7, 11) is 0. The molecule has 7 heteroatoms. The van der Waals surface area contributed by atoms with Crippen molar-refractivity contribution in [3.63, 3.8) is 0 Å². The van der Waals surface area contributed by atoms with Gasteiger partial charge in [-0.2, -0.15) is 0 Å². The second-order valence-corrected chi connectivity index (χ2v) is 6.05. The quantitative estimate of drug-likeness (QED) is 0.837. The Hall–Kier alpha value is -0.720. The maximum absolute atomic E-state index is 11.6. The number of halogens is 1. The van der Waals surface area contributed by atoms with Crippen LogP contribution in [0.4, 0.5) is 0 Å². The summed E-state index contributed by atoms with van der Waals surface area (Å²) >= 11 is 1.55. The van der Waals surface area contributed by atoms with Crippen molar-refractivity contribution in [2.24, 2.45) is 5.73 Å². The molecule has 1 aromatic rings. The van der Waals surface area contributed by atoms with Crippen LogP contribution in [-0.4, -0.2) is 28.9 Å². The number of thioether (sulfide) groups is 1. The highest BCUT2D eigenvalue weighted by Gasteiger charge is 2.13. The molecule has 1 heterocycles. The van der Waals surface area contributed by atoms with Gasteiger partial charge >= 0.3 is 0 Å². The van der Waals surface area contributed by atoms with Crippen LogP contribution in [0.15, 0.2) is 4.52 Å². The molecular weight excluding hydrogens is 286 g/mol. The van der Waals surface area contributed by atoms with Gasteiger partial charge in [-0.3, -0.25) is 4.79 Å². The van der Waals surface area contributed by atoms with Crippen molar-refractivity contribution < 1.29 is 9.32 Å². The van der Waals surface area contributed by atoms with E-state index in [1.807, 2.05) is 27.7 Å².